The SMILES string of the molecule is Nc1ccccc1N1CCN(C(=O)CCl)CC1. The summed E-state index contributed by atoms with van der Waals surface area (Å²) >= 11 is 5.54. The molecule has 1 fully saturated rings. The highest BCUT2D eigenvalue weighted by Crippen LogP contribution is 2.23. The Morgan fingerprint density at radius 3 is 2.47 bits per heavy atom. The van der Waals surface area contributed by atoms with Crippen LogP contribution < -0.4 is 10.6 Å². The van der Waals surface area contributed by atoms with Crippen molar-refractivity contribution in [3.8, 4) is 0 Å². The number of hydrogen-bond acceptors (Lipinski definition) is 3. The van der Waals surface area contributed by atoms with Gasteiger partial charge in [0.1, 0.15) is 5.88 Å². The van der Waals surface area contributed by atoms with Crippen LogP contribution in [-0.4, -0.2) is 42.9 Å². The van der Waals surface area contributed by atoms with Gasteiger partial charge in [0.25, 0.3) is 0 Å². The molecule has 1 heterocycles. The van der Waals surface area contributed by atoms with Crippen molar-refractivity contribution in [2.75, 3.05) is 42.7 Å². The molecule has 1 aromatic rings. The number of carbonyl (C=O) groups excluding carboxylic acids is 1. The molecule has 0 radical (unpaired) electrons. The molecule has 0 atom stereocenters. The van der Waals surface area contributed by atoms with Gasteiger partial charge in [-0.1, -0.05) is 12.1 Å². The van der Waals surface area contributed by atoms with E-state index in [0.29, 0.717) is 13.1 Å². The fraction of sp³-hybridized carbons (Fsp3) is 0.417. The number of nitrogens with zero attached hydrogens (tertiary/aromatic N) is 2. The predicted molar refractivity (Wildman–Crippen MR) is 70.4 cm³/mol. The van der Waals surface area contributed by atoms with Crippen molar-refractivity contribution in [3.05, 3.63) is 24.3 Å². The predicted octanol–water partition coefficient (Wildman–Crippen LogP) is 1.16. The number of halogens is 1. The van der Waals surface area contributed by atoms with E-state index < -0.39 is 0 Å². The molecule has 1 saturated heterocycles. The molecular weight excluding hydrogens is 238 g/mol. The van der Waals surface area contributed by atoms with E-state index in [1.165, 1.54) is 0 Å². The van der Waals surface area contributed by atoms with Crippen molar-refractivity contribution in [1.82, 2.24) is 4.90 Å². The Hall–Kier alpha value is -1.42. The molecule has 17 heavy (non-hydrogen) atoms. The van der Waals surface area contributed by atoms with E-state index in [4.69, 9.17) is 17.3 Å². The molecule has 2 N–H and O–H groups in total. The van der Waals surface area contributed by atoms with E-state index in [2.05, 4.69) is 4.90 Å². The van der Waals surface area contributed by atoms with Gasteiger partial charge >= 0.3 is 0 Å². The second-order valence-corrected chi connectivity index (χ2v) is 4.33. The van der Waals surface area contributed by atoms with Crippen molar-refractivity contribution in [1.29, 1.82) is 0 Å². The molecule has 1 amide bonds. The van der Waals surface area contributed by atoms with Crippen molar-refractivity contribution >= 4 is 28.9 Å². The number of para-hydroxylation sites is 2. The average molecular weight is 254 g/mol. The lowest BCUT2D eigenvalue weighted by molar-refractivity contribution is -0.128. The highest BCUT2D eigenvalue weighted by molar-refractivity contribution is 6.27. The van der Waals surface area contributed by atoms with E-state index in [-0.39, 0.29) is 11.8 Å². The Kier molecular flexibility index (Phi) is 3.74. The van der Waals surface area contributed by atoms with Crippen LogP contribution >= 0.6 is 11.6 Å². The normalized spacial score (nSPS) is 16.1. The van der Waals surface area contributed by atoms with Gasteiger partial charge < -0.3 is 15.5 Å². The third-order valence-electron chi connectivity index (χ3n) is 3.02. The third kappa shape index (κ3) is 2.64. The molecule has 1 aliphatic rings. The van der Waals surface area contributed by atoms with E-state index in [0.717, 1.165) is 24.5 Å². The van der Waals surface area contributed by atoms with Gasteiger partial charge in [-0.15, -0.1) is 11.6 Å². The summed E-state index contributed by atoms with van der Waals surface area (Å²) in [6.07, 6.45) is 0. The summed E-state index contributed by atoms with van der Waals surface area (Å²) in [6.45, 7) is 3.02. The first kappa shape index (κ1) is 12.0. The first-order valence-corrected chi connectivity index (χ1v) is 6.19. The van der Waals surface area contributed by atoms with Gasteiger partial charge in [0.15, 0.2) is 0 Å². The van der Waals surface area contributed by atoms with Gasteiger partial charge in [0.05, 0.1) is 11.4 Å². The van der Waals surface area contributed by atoms with E-state index in [1.54, 1.807) is 4.90 Å². The Labute approximate surface area is 106 Å². The molecule has 1 aliphatic heterocycles. The minimum atomic E-state index is 0.00681. The Balaban J connectivity index is 2.00. The fourth-order valence-electron chi connectivity index (χ4n) is 2.06. The largest absolute Gasteiger partial charge is 0.397 e. The molecule has 4 nitrogen and oxygen atoms in total. The Morgan fingerprint density at radius 1 is 1.24 bits per heavy atom. The first-order valence-electron chi connectivity index (χ1n) is 5.65. The maximum atomic E-state index is 11.4. The number of piperazine rings is 1. The van der Waals surface area contributed by atoms with Gasteiger partial charge in [0.2, 0.25) is 5.91 Å². The smallest absolute Gasteiger partial charge is 0.237 e. The van der Waals surface area contributed by atoms with Crippen LogP contribution in [0.3, 0.4) is 0 Å². The summed E-state index contributed by atoms with van der Waals surface area (Å²) in [5, 5.41) is 0. The number of nitrogen functional groups attached to an aromatic ring is 1. The lowest BCUT2D eigenvalue weighted by Gasteiger charge is -2.36. The van der Waals surface area contributed by atoms with Crippen molar-refractivity contribution in [3.63, 3.8) is 0 Å². The van der Waals surface area contributed by atoms with Gasteiger partial charge in [-0.2, -0.15) is 0 Å². The van der Waals surface area contributed by atoms with Gasteiger partial charge in [-0.05, 0) is 12.1 Å². The fourth-order valence-corrected chi connectivity index (χ4v) is 2.23. The van der Waals surface area contributed by atoms with E-state index in [1.807, 2.05) is 24.3 Å². The number of rotatable bonds is 2. The standard InChI is InChI=1S/C12H16ClN3O/c13-9-12(17)16-7-5-15(6-8-16)11-4-2-1-3-10(11)14/h1-4H,5-9,14H2. The summed E-state index contributed by atoms with van der Waals surface area (Å²) in [5.74, 6) is 0.0698. The second kappa shape index (κ2) is 5.27. The monoisotopic (exact) mass is 253 g/mol. The summed E-state index contributed by atoms with van der Waals surface area (Å²) in [6, 6.07) is 7.80. The molecular formula is C12H16ClN3O. The second-order valence-electron chi connectivity index (χ2n) is 4.06. The zero-order chi connectivity index (χ0) is 12.3. The topological polar surface area (TPSA) is 49.6 Å². The lowest BCUT2D eigenvalue weighted by Crippen LogP contribution is -2.49. The summed E-state index contributed by atoms with van der Waals surface area (Å²) < 4.78 is 0. The number of benzene rings is 1. The number of hydrogen-bond donors (Lipinski definition) is 1. The van der Waals surface area contributed by atoms with Crippen molar-refractivity contribution in [2.24, 2.45) is 0 Å². The van der Waals surface area contributed by atoms with Crippen molar-refractivity contribution < 1.29 is 4.79 Å². The molecule has 0 aromatic heterocycles. The number of amides is 1. The summed E-state index contributed by atoms with van der Waals surface area (Å²) in [5.41, 5.74) is 7.76. The Morgan fingerprint density at radius 2 is 1.88 bits per heavy atom. The van der Waals surface area contributed by atoms with E-state index >= 15 is 0 Å². The van der Waals surface area contributed by atoms with Crippen LogP contribution in [0.5, 0.6) is 0 Å². The lowest BCUT2D eigenvalue weighted by atomic mass is 10.2. The maximum Gasteiger partial charge on any atom is 0.237 e. The maximum absolute atomic E-state index is 11.4. The van der Waals surface area contributed by atoms with Gasteiger partial charge in [-0.25, -0.2) is 0 Å². The van der Waals surface area contributed by atoms with Crippen LogP contribution in [0.25, 0.3) is 0 Å². The molecule has 1 aromatic carbocycles. The highest BCUT2D eigenvalue weighted by atomic mass is 35.5. The third-order valence-corrected chi connectivity index (χ3v) is 3.25. The number of alkyl halides is 1. The molecule has 0 aliphatic carbocycles. The average Bonchev–Trinajstić information content (AvgIpc) is 2.39. The van der Waals surface area contributed by atoms with Crippen LogP contribution in [-0.2, 0) is 4.79 Å². The van der Waals surface area contributed by atoms with E-state index in [9.17, 15) is 4.79 Å². The van der Waals surface area contributed by atoms with Gasteiger partial charge in [0, 0.05) is 26.2 Å². The van der Waals surface area contributed by atoms with Crippen LogP contribution in [0.1, 0.15) is 0 Å². The molecule has 0 saturated carbocycles. The Bertz CT molecular complexity index is 402. The number of anilines is 2. The zero-order valence-corrected chi connectivity index (χ0v) is 10.4. The quantitative estimate of drug-likeness (QED) is 0.636. The molecule has 2 rings (SSSR count). The molecule has 0 spiro atoms. The molecule has 0 unspecified atom stereocenters. The molecule has 92 valence electrons. The zero-order valence-electron chi connectivity index (χ0n) is 9.60. The van der Waals surface area contributed by atoms with Crippen LogP contribution in [0.15, 0.2) is 24.3 Å². The highest BCUT2D eigenvalue weighted by Gasteiger charge is 2.21. The summed E-state index contributed by atoms with van der Waals surface area (Å²) in [4.78, 5) is 15.4. The van der Waals surface area contributed by atoms with Crippen molar-refractivity contribution in [2.45, 2.75) is 0 Å². The van der Waals surface area contributed by atoms with Crippen LogP contribution in [0.2, 0.25) is 0 Å². The number of carbonyl (C=O) groups is 1. The number of nitrogens with two attached hydrogens (primary N) is 1. The minimum Gasteiger partial charge on any atom is -0.397 e. The van der Waals surface area contributed by atoms with Gasteiger partial charge in [-0.3, -0.25) is 4.79 Å². The van der Waals surface area contributed by atoms with Crippen LogP contribution in [0.4, 0.5) is 11.4 Å². The molecule has 0 bridgehead atoms. The summed E-state index contributed by atoms with van der Waals surface area (Å²) in [7, 11) is 0. The first-order chi connectivity index (χ1) is 8.22. The van der Waals surface area contributed by atoms with Crippen LogP contribution in [0, 0.1) is 0 Å². The minimum absolute atomic E-state index is 0.00681. The molecule has 5 heteroatoms.